The lowest BCUT2D eigenvalue weighted by atomic mass is 9.99. The average molecular weight is 304 g/mol. The number of nitrogens with zero attached hydrogens (tertiary/aromatic N) is 3. The van der Waals surface area contributed by atoms with Crippen LogP contribution in [0.3, 0.4) is 0 Å². The highest BCUT2D eigenvalue weighted by Crippen LogP contribution is 2.27. The number of carbonyl (C=O) groups excluding carboxylic acids is 1. The Morgan fingerprint density at radius 1 is 1.27 bits per heavy atom. The summed E-state index contributed by atoms with van der Waals surface area (Å²) in [5.74, 6) is 0.0328. The van der Waals surface area contributed by atoms with Crippen LogP contribution < -0.4 is 5.32 Å². The van der Waals surface area contributed by atoms with Gasteiger partial charge in [-0.15, -0.1) is 0 Å². The zero-order chi connectivity index (χ0) is 15.9. The van der Waals surface area contributed by atoms with E-state index in [1.165, 1.54) is 25.8 Å². The molecule has 22 heavy (non-hydrogen) atoms. The number of hydrogen-bond acceptors (Lipinski definition) is 3. The van der Waals surface area contributed by atoms with Crippen molar-refractivity contribution in [3.05, 3.63) is 17.5 Å². The monoisotopic (exact) mass is 304 g/mol. The van der Waals surface area contributed by atoms with Crippen LogP contribution in [0, 0.1) is 6.92 Å². The second-order valence-corrected chi connectivity index (χ2v) is 7.69. The van der Waals surface area contributed by atoms with E-state index >= 15 is 0 Å². The Balaban J connectivity index is 1.71. The Labute approximate surface area is 133 Å². The molecule has 0 aliphatic carbocycles. The molecule has 0 saturated carbocycles. The van der Waals surface area contributed by atoms with E-state index in [2.05, 4.69) is 36.1 Å². The van der Waals surface area contributed by atoms with Gasteiger partial charge in [0.05, 0.1) is 17.3 Å². The van der Waals surface area contributed by atoms with Crippen molar-refractivity contribution in [3.8, 4) is 0 Å². The Hall–Kier alpha value is -1.36. The quantitative estimate of drug-likeness (QED) is 0.912. The molecule has 1 N–H and O–H groups in total. The summed E-state index contributed by atoms with van der Waals surface area (Å²) in [5.41, 5.74) is 1.56. The molecule has 1 aromatic heterocycles. The first-order valence-electron chi connectivity index (χ1n) is 8.48. The number of aromatic nitrogens is 2. The van der Waals surface area contributed by atoms with Crippen molar-refractivity contribution in [2.24, 2.45) is 0 Å². The summed E-state index contributed by atoms with van der Waals surface area (Å²) >= 11 is 0. The molecule has 0 aromatic carbocycles. The van der Waals surface area contributed by atoms with E-state index in [9.17, 15) is 4.79 Å². The summed E-state index contributed by atoms with van der Waals surface area (Å²) < 4.78 is 1.93. The van der Waals surface area contributed by atoms with Crippen molar-refractivity contribution >= 4 is 5.91 Å². The lowest BCUT2D eigenvalue weighted by Gasteiger charge is -2.32. The topological polar surface area (TPSA) is 50.2 Å². The SMILES string of the molecule is Cc1c(C(=O)NC2CCN3CCCCC23)cnn1C(C)(C)C. The highest BCUT2D eigenvalue weighted by atomic mass is 16.1. The van der Waals surface area contributed by atoms with Crippen LogP contribution in [0.4, 0.5) is 0 Å². The lowest BCUT2D eigenvalue weighted by Crippen LogP contribution is -2.46. The van der Waals surface area contributed by atoms with Crippen LogP contribution >= 0.6 is 0 Å². The fourth-order valence-electron chi connectivity index (χ4n) is 3.97. The molecule has 2 aliphatic rings. The second kappa shape index (κ2) is 5.69. The molecule has 3 heterocycles. The lowest BCUT2D eigenvalue weighted by molar-refractivity contribution is 0.0914. The van der Waals surface area contributed by atoms with Gasteiger partial charge < -0.3 is 5.32 Å². The Bertz CT molecular complexity index is 557. The van der Waals surface area contributed by atoms with E-state index in [4.69, 9.17) is 0 Å². The molecule has 2 fully saturated rings. The number of fused-ring (bicyclic) bond motifs is 1. The number of piperidine rings is 1. The van der Waals surface area contributed by atoms with Gasteiger partial charge in [0.1, 0.15) is 0 Å². The van der Waals surface area contributed by atoms with E-state index in [1.807, 2.05) is 11.6 Å². The van der Waals surface area contributed by atoms with Crippen LogP contribution in [0.2, 0.25) is 0 Å². The fraction of sp³-hybridized carbons (Fsp3) is 0.765. The summed E-state index contributed by atoms with van der Waals surface area (Å²) in [6, 6.07) is 0.834. The van der Waals surface area contributed by atoms with Gasteiger partial charge >= 0.3 is 0 Å². The molecule has 2 atom stereocenters. The first-order chi connectivity index (χ1) is 10.4. The first-order valence-corrected chi connectivity index (χ1v) is 8.48. The molecule has 2 unspecified atom stereocenters. The zero-order valence-corrected chi connectivity index (χ0v) is 14.2. The standard InChI is InChI=1S/C17H28N4O/c1-12-13(11-18-21(12)17(2,3)4)16(22)19-14-8-10-20-9-6-5-7-15(14)20/h11,14-15H,5-10H2,1-4H3,(H,19,22). The highest BCUT2D eigenvalue weighted by molar-refractivity contribution is 5.95. The molecular formula is C17H28N4O. The van der Waals surface area contributed by atoms with Gasteiger partial charge in [-0.25, -0.2) is 0 Å². The van der Waals surface area contributed by atoms with Gasteiger partial charge in [-0.1, -0.05) is 6.42 Å². The van der Waals surface area contributed by atoms with Crippen molar-refractivity contribution < 1.29 is 4.79 Å². The maximum atomic E-state index is 12.7. The van der Waals surface area contributed by atoms with Crippen LogP contribution in [0.1, 0.15) is 62.5 Å². The average Bonchev–Trinajstić information content (AvgIpc) is 3.02. The van der Waals surface area contributed by atoms with Crippen LogP contribution in [0.5, 0.6) is 0 Å². The molecule has 5 heteroatoms. The molecule has 0 bridgehead atoms. The van der Waals surface area contributed by atoms with Gasteiger partial charge in [0.25, 0.3) is 5.91 Å². The third-order valence-corrected chi connectivity index (χ3v) is 5.06. The van der Waals surface area contributed by atoms with Crippen molar-refractivity contribution in [1.82, 2.24) is 20.0 Å². The van der Waals surface area contributed by atoms with E-state index in [0.29, 0.717) is 17.6 Å². The minimum Gasteiger partial charge on any atom is -0.348 e. The van der Waals surface area contributed by atoms with Gasteiger partial charge in [0.2, 0.25) is 0 Å². The number of nitrogens with one attached hydrogen (secondary N) is 1. The third kappa shape index (κ3) is 2.78. The summed E-state index contributed by atoms with van der Waals surface area (Å²) in [6.45, 7) is 10.6. The van der Waals surface area contributed by atoms with Crippen molar-refractivity contribution in [2.45, 2.75) is 71.0 Å². The van der Waals surface area contributed by atoms with Crippen molar-refractivity contribution in [2.75, 3.05) is 13.1 Å². The minimum atomic E-state index is -0.101. The summed E-state index contributed by atoms with van der Waals surface area (Å²) in [6.07, 6.45) is 6.58. The fourth-order valence-corrected chi connectivity index (χ4v) is 3.97. The maximum absolute atomic E-state index is 12.7. The smallest absolute Gasteiger partial charge is 0.255 e. The Morgan fingerprint density at radius 2 is 2.05 bits per heavy atom. The second-order valence-electron chi connectivity index (χ2n) is 7.69. The molecule has 2 aliphatic heterocycles. The van der Waals surface area contributed by atoms with Crippen molar-refractivity contribution in [1.29, 1.82) is 0 Å². The van der Waals surface area contributed by atoms with Crippen molar-refractivity contribution in [3.63, 3.8) is 0 Å². The molecule has 0 spiro atoms. The summed E-state index contributed by atoms with van der Waals surface area (Å²) in [5, 5.41) is 7.68. The first kappa shape index (κ1) is 15.5. The van der Waals surface area contributed by atoms with Crippen LogP contribution in [-0.2, 0) is 5.54 Å². The molecule has 5 nitrogen and oxygen atoms in total. The van der Waals surface area contributed by atoms with Gasteiger partial charge in [0.15, 0.2) is 0 Å². The van der Waals surface area contributed by atoms with E-state index in [-0.39, 0.29) is 11.4 Å². The van der Waals surface area contributed by atoms with Crippen LogP contribution in [-0.4, -0.2) is 45.8 Å². The van der Waals surface area contributed by atoms with E-state index in [1.54, 1.807) is 6.20 Å². The predicted molar refractivity (Wildman–Crippen MR) is 87.0 cm³/mol. The molecular weight excluding hydrogens is 276 g/mol. The number of hydrogen-bond donors (Lipinski definition) is 1. The normalized spacial score (nSPS) is 26.0. The molecule has 1 aromatic rings. The zero-order valence-electron chi connectivity index (χ0n) is 14.2. The summed E-state index contributed by atoms with van der Waals surface area (Å²) in [4.78, 5) is 15.2. The van der Waals surface area contributed by atoms with E-state index < -0.39 is 0 Å². The van der Waals surface area contributed by atoms with Gasteiger partial charge in [0, 0.05) is 24.3 Å². The largest absolute Gasteiger partial charge is 0.348 e. The number of rotatable bonds is 2. The highest BCUT2D eigenvalue weighted by Gasteiger charge is 2.36. The van der Waals surface area contributed by atoms with Crippen LogP contribution in [0.25, 0.3) is 0 Å². The van der Waals surface area contributed by atoms with E-state index in [0.717, 1.165) is 18.7 Å². The summed E-state index contributed by atoms with van der Waals surface area (Å²) in [7, 11) is 0. The predicted octanol–water partition coefficient (Wildman–Crippen LogP) is 2.30. The van der Waals surface area contributed by atoms with Gasteiger partial charge in [-0.05, 0) is 53.5 Å². The number of amides is 1. The Kier molecular flexibility index (Phi) is 4.02. The molecule has 1 amide bonds. The maximum Gasteiger partial charge on any atom is 0.255 e. The molecule has 122 valence electrons. The molecule has 2 saturated heterocycles. The minimum absolute atomic E-state index is 0.0328. The number of carbonyl (C=O) groups is 1. The van der Waals surface area contributed by atoms with Gasteiger partial charge in [-0.2, -0.15) is 5.10 Å². The Morgan fingerprint density at radius 3 is 2.73 bits per heavy atom. The molecule has 0 radical (unpaired) electrons. The van der Waals surface area contributed by atoms with Gasteiger partial charge in [-0.3, -0.25) is 14.4 Å². The third-order valence-electron chi connectivity index (χ3n) is 5.06. The van der Waals surface area contributed by atoms with Crippen LogP contribution in [0.15, 0.2) is 6.20 Å². The molecule has 3 rings (SSSR count).